The van der Waals surface area contributed by atoms with Gasteiger partial charge in [0.2, 0.25) is 0 Å². The van der Waals surface area contributed by atoms with Crippen LogP contribution in [0.4, 0.5) is 0 Å². The molecule has 0 saturated carbocycles. The summed E-state index contributed by atoms with van der Waals surface area (Å²) in [6.07, 6.45) is 0. The second kappa shape index (κ2) is 65.6. The van der Waals surface area contributed by atoms with Crippen LogP contribution < -0.4 is 0 Å². The molecule has 0 amide bonds. The number of rotatable bonds is 0. The van der Waals surface area contributed by atoms with Crippen LogP contribution in [0.1, 0.15) is 6.92 Å². The number of nitroso groups, excluding NO2 is 2. The van der Waals surface area contributed by atoms with Gasteiger partial charge in [-0.1, -0.05) is 0 Å². The van der Waals surface area contributed by atoms with Crippen molar-refractivity contribution in [3.63, 3.8) is 0 Å². The van der Waals surface area contributed by atoms with Crippen LogP contribution in [0.15, 0.2) is 30.3 Å². The van der Waals surface area contributed by atoms with Crippen LogP contribution >= 0.6 is 0 Å². The Bertz CT molecular complexity index is 95.7. The fourth-order valence-corrected chi connectivity index (χ4v) is 0.321. The molecule has 1 rings (SSSR count). The Kier molecular flexibility index (Phi) is 149. The first kappa shape index (κ1) is 29.5. The molecule has 1 aromatic rings. The number of hydrogen-bond donors (Lipinski definition) is 0. The van der Waals surface area contributed by atoms with Crippen molar-refractivity contribution in [2.75, 3.05) is 0 Å². The fraction of sp³-hybridized carbons (Fsp3) is 0.125. The zero-order valence-corrected chi connectivity index (χ0v) is 10.6. The molecule has 0 heterocycles. The van der Waals surface area contributed by atoms with Crippen LogP contribution in [0.2, 0.25) is 0 Å². The Morgan fingerprint density at radius 3 is 1.31 bits per heavy atom. The van der Waals surface area contributed by atoms with E-state index in [1.54, 1.807) is 6.92 Å². The SMILES string of the molecule is [CH2-]C.[CH3-].[N-]=O.[N-]=O.[W].c1cc[cH-]c1. The van der Waals surface area contributed by atoms with Gasteiger partial charge in [-0.05, 0) is 0 Å². The molecular weight excluding hydrogens is 340 g/mol. The Balaban J connectivity index is -0.0000000239. The maximum Gasteiger partial charge on any atom is 0 e. The molecule has 0 aliphatic heterocycles. The van der Waals surface area contributed by atoms with E-state index in [2.05, 4.69) is 6.92 Å². The summed E-state index contributed by atoms with van der Waals surface area (Å²) >= 11 is 0. The van der Waals surface area contributed by atoms with Gasteiger partial charge in [0.05, 0.1) is 0 Å². The fourth-order valence-electron chi connectivity index (χ4n) is 0.321. The summed E-state index contributed by atoms with van der Waals surface area (Å²) in [5.41, 5.74) is 11.5. The molecule has 0 saturated heterocycles. The molecule has 0 radical (unpaired) electrons. The molecule has 4 nitrogen and oxygen atoms in total. The van der Waals surface area contributed by atoms with Gasteiger partial charge in [-0.3, -0.25) is 0 Å². The van der Waals surface area contributed by atoms with Crippen molar-refractivity contribution >= 4 is 0 Å². The summed E-state index contributed by atoms with van der Waals surface area (Å²) in [5, 5.41) is 0. The normalized spacial score (nSPS) is 4.15. The Morgan fingerprint density at radius 1 is 1.00 bits per heavy atom. The van der Waals surface area contributed by atoms with Crippen molar-refractivity contribution < 1.29 is 21.1 Å². The summed E-state index contributed by atoms with van der Waals surface area (Å²) < 4.78 is 0. The van der Waals surface area contributed by atoms with Crippen molar-refractivity contribution in [1.29, 1.82) is 0 Å². The minimum absolute atomic E-state index is 0. The third-order valence-corrected chi connectivity index (χ3v) is 0.556. The summed E-state index contributed by atoms with van der Waals surface area (Å²) in [6.45, 7) is 5.00. The van der Waals surface area contributed by atoms with Gasteiger partial charge >= 0.3 is 0 Å². The van der Waals surface area contributed by atoms with Crippen LogP contribution in [-0.4, -0.2) is 0 Å². The maximum absolute atomic E-state index is 7.25. The van der Waals surface area contributed by atoms with Gasteiger partial charge in [0, 0.05) is 21.1 Å². The summed E-state index contributed by atoms with van der Waals surface area (Å²) in [5.74, 6) is 0. The second-order valence-electron chi connectivity index (χ2n) is 0.962. The molecule has 0 N–H and O–H groups in total. The first-order chi connectivity index (χ1) is 5.50. The van der Waals surface area contributed by atoms with Gasteiger partial charge in [0.1, 0.15) is 0 Å². The van der Waals surface area contributed by atoms with Crippen LogP contribution in [0.25, 0.3) is 11.2 Å². The van der Waals surface area contributed by atoms with Crippen molar-refractivity contribution in [1.82, 2.24) is 0 Å². The third-order valence-electron chi connectivity index (χ3n) is 0.556. The first-order valence-electron chi connectivity index (χ1n) is 2.74. The van der Waals surface area contributed by atoms with Crippen molar-refractivity contribution in [3.05, 3.63) is 65.7 Å². The van der Waals surface area contributed by atoms with E-state index in [1.165, 1.54) is 0 Å². The van der Waals surface area contributed by atoms with E-state index in [4.69, 9.17) is 21.0 Å². The zero-order valence-electron chi connectivity index (χ0n) is 7.71. The summed E-state index contributed by atoms with van der Waals surface area (Å²) in [4.78, 5) is 14.5. The quantitative estimate of drug-likeness (QED) is 0.671. The maximum atomic E-state index is 7.25. The molecule has 0 aliphatic rings. The molecule has 0 bridgehead atoms. The molecule has 0 unspecified atom stereocenters. The standard InChI is InChI=1S/C5H5.C2H5.CH3.2NO.W/c1-2-4-5-3-1;1-2;;2*1-2;/h1-5H;1H2,2H3;1H3;;;/q5*-1;. The predicted molar refractivity (Wildman–Crippen MR) is 52.9 cm³/mol. The summed E-state index contributed by atoms with van der Waals surface area (Å²) in [6, 6.07) is 10.0. The van der Waals surface area contributed by atoms with Crippen molar-refractivity contribution in [3.8, 4) is 0 Å². The second-order valence-corrected chi connectivity index (χ2v) is 0.962. The third kappa shape index (κ3) is 53.4. The average molecular weight is 353 g/mol. The van der Waals surface area contributed by atoms with Crippen LogP contribution in [0, 0.1) is 24.2 Å². The van der Waals surface area contributed by atoms with Gasteiger partial charge in [-0.2, -0.15) is 25.1 Å². The summed E-state index contributed by atoms with van der Waals surface area (Å²) in [7, 11) is 0. The van der Waals surface area contributed by atoms with Crippen LogP contribution in [-0.2, 0) is 21.1 Å². The van der Waals surface area contributed by atoms with E-state index in [-0.39, 0.29) is 28.5 Å². The van der Waals surface area contributed by atoms with Gasteiger partial charge < -0.3 is 35.4 Å². The molecule has 78 valence electrons. The molecule has 0 aromatic heterocycles. The minimum atomic E-state index is 0. The molecule has 1 aromatic carbocycles. The molecule has 13 heavy (non-hydrogen) atoms. The van der Waals surface area contributed by atoms with Gasteiger partial charge in [-0.15, -0.1) is 0 Å². The molecular formula is C8H13N2O2W-5. The predicted octanol–water partition coefficient (Wildman–Crippen LogP) is 3.34. The zero-order chi connectivity index (χ0) is 9.54. The topological polar surface area (TPSA) is 78.7 Å². The van der Waals surface area contributed by atoms with E-state index in [0.717, 1.165) is 0 Å². The first-order valence-corrected chi connectivity index (χ1v) is 2.74. The molecule has 0 fully saturated rings. The van der Waals surface area contributed by atoms with Crippen LogP contribution in [0.3, 0.4) is 0 Å². The van der Waals surface area contributed by atoms with Crippen molar-refractivity contribution in [2.24, 2.45) is 0 Å². The monoisotopic (exact) mass is 353 g/mol. The van der Waals surface area contributed by atoms with E-state index >= 15 is 0 Å². The van der Waals surface area contributed by atoms with Gasteiger partial charge in [0.15, 0.2) is 0 Å². The van der Waals surface area contributed by atoms with Gasteiger partial charge in [-0.25, -0.2) is 12.1 Å². The average Bonchev–Trinajstić information content (AvgIpc) is 2.71. The smallest absolute Gasteiger partial charge is 0 e. The van der Waals surface area contributed by atoms with Crippen LogP contribution in [0.5, 0.6) is 0 Å². The Morgan fingerprint density at radius 2 is 1.23 bits per heavy atom. The largest absolute Gasteiger partial charge is 0.577 e. The van der Waals surface area contributed by atoms with E-state index < -0.39 is 0 Å². The molecule has 0 spiro atoms. The minimum Gasteiger partial charge on any atom is -0.577 e. The molecule has 0 aliphatic carbocycles. The Hall–Kier alpha value is -0.762. The molecule has 5 heteroatoms. The van der Waals surface area contributed by atoms with Crippen molar-refractivity contribution in [2.45, 2.75) is 6.92 Å². The van der Waals surface area contributed by atoms with E-state index in [1.807, 2.05) is 30.3 Å². The number of nitrogens with zero attached hydrogens (tertiary/aromatic N) is 2. The number of hydrogen-bond acceptors (Lipinski definition) is 2. The Labute approximate surface area is 93.9 Å². The van der Waals surface area contributed by atoms with E-state index in [0.29, 0.717) is 0 Å². The van der Waals surface area contributed by atoms with Gasteiger partial charge in [0.25, 0.3) is 0 Å². The molecule has 0 atom stereocenters. The van der Waals surface area contributed by atoms with E-state index in [9.17, 15) is 0 Å².